The standard InChI is InChI=1S/C12H17ClN2O/c1-9(2)4-5-16-12-11(13)6-10(7-14-3)8-15-12/h6,8,14H,1,4-5,7H2,2-3H3. The Morgan fingerprint density at radius 2 is 2.38 bits per heavy atom. The van der Waals surface area contributed by atoms with Crippen LogP contribution in [0.25, 0.3) is 0 Å². The number of hydrogen-bond donors (Lipinski definition) is 1. The predicted molar refractivity (Wildman–Crippen MR) is 66.9 cm³/mol. The number of nitrogens with one attached hydrogen (secondary N) is 1. The van der Waals surface area contributed by atoms with Gasteiger partial charge in [0.25, 0.3) is 0 Å². The topological polar surface area (TPSA) is 34.1 Å². The first-order chi connectivity index (χ1) is 7.63. The van der Waals surface area contributed by atoms with Gasteiger partial charge in [-0.3, -0.25) is 0 Å². The highest BCUT2D eigenvalue weighted by atomic mass is 35.5. The minimum atomic E-state index is 0.489. The quantitative estimate of drug-likeness (QED) is 0.777. The van der Waals surface area contributed by atoms with Gasteiger partial charge in [-0.1, -0.05) is 17.2 Å². The van der Waals surface area contributed by atoms with E-state index in [2.05, 4.69) is 16.9 Å². The van der Waals surface area contributed by atoms with Crippen LogP contribution in [-0.4, -0.2) is 18.6 Å². The molecule has 0 aliphatic rings. The fourth-order valence-corrected chi connectivity index (χ4v) is 1.44. The molecule has 3 nitrogen and oxygen atoms in total. The number of pyridine rings is 1. The Balaban J connectivity index is 2.57. The van der Waals surface area contributed by atoms with Crippen LogP contribution in [0, 0.1) is 0 Å². The van der Waals surface area contributed by atoms with Crippen LogP contribution in [0.2, 0.25) is 5.02 Å². The van der Waals surface area contributed by atoms with Crippen LogP contribution in [0.5, 0.6) is 5.88 Å². The van der Waals surface area contributed by atoms with E-state index in [1.807, 2.05) is 20.0 Å². The molecule has 1 N–H and O–H groups in total. The third kappa shape index (κ3) is 4.21. The third-order valence-corrected chi connectivity index (χ3v) is 2.28. The molecule has 0 saturated heterocycles. The largest absolute Gasteiger partial charge is 0.476 e. The van der Waals surface area contributed by atoms with Crippen molar-refractivity contribution in [3.8, 4) is 5.88 Å². The average molecular weight is 241 g/mol. The maximum absolute atomic E-state index is 6.04. The van der Waals surface area contributed by atoms with Crippen molar-refractivity contribution in [3.63, 3.8) is 0 Å². The minimum Gasteiger partial charge on any atom is -0.476 e. The molecular weight excluding hydrogens is 224 g/mol. The second kappa shape index (κ2) is 6.51. The summed E-state index contributed by atoms with van der Waals surface area (Å²) < 4.78 is 5.46. The van der Waals surface area contributed by atoms with Crippen molar-refractivity contribution in [3.05, 3.63) is 35.0 Å². The van der Waals surface area contributed by atoms with E-state index >= 15 is 0 Å². The van der Waals surface area contributed by atoms with Crippen LogP contribution in [0.4, 0.5) is 0 Å². The Labute approximate surface area is 101 Å². The van der Waals surface area contributed by atoms with Gasteiger partial charge in [-0.25, -0.2) is 4.98 Å². The van der Waals surface area contributed by atoms with Crippen molar-refractivity contribution < 1.29 is 4.74 Å². The van der Waals surface area contributed by atoms with Crippen LogP contribution >= 0.6 is 11.6 Å². The molecular formula is C12H17ClN2O. The minimum absolute atomic E-state index is 0.489. The Morgan fingerprint density at radius 3 is 2.94 bits per heavy atom. The van der Waals surface area contributed by atoms with Crippen molar-refractivity contribution in [2.24, 2.45) is 0 Å². The van der Waals surface area contributed by atoms with Crippen LogP contribution in [0.3, 0.4) is 0 Å². The van der Waals surface area contributed by atoms with Gasteiger partial charge in [0.15, 0.2) is 0 Å². The molecule has 0 fully saturated rings. The fraction of sp³-hybridized carbons (Fsp3) is 0.417. The van der Waals surface area contributed by atoms with Gasteiger partial charge in [-0.2, -0.15) is 0 Å². The van der Waals surface area contributed by atoms with E-state index in [1.165, 1.54) is 0 Å². The average Bonchev–Trinajstić information content (AvgIpc) is 2.21. The van der Waals surface area contributed by atoms with Gasteiger partial charge in [-0.05, 0) is 25.6 Å². The number of aromatic nitrogens is 1. The van der Waals surface area contributed by atoms with Crippen molar-refractivity contribution in [1.29, 1.82) is 0 Å². The SMILES string of the molecule is C=C(C)CCOc1ncc(CNC)cc1Cl. The Bertz CT molecular complexity index is 366. The summed E-state index contributed by atoms with van der Waals surface area (Å²) in [7, 11) is 1.88. The van der Waals surface area contributed by atoms with Gasteiger partial charge in [0.2, 0.25) is 5.88 Å². The van der Waals surface area contributed by atoms with E-state index in [-0.39, 0.29) is 0 Å². The maximum atomic E-state index is 6.04. The zero-order valence-corrected chi connectivity index (χ0v) is 10.5. The van der Waals surface area contributed by atoms with E-state index < -0.39 is 0 Å². The molecule has 0 atom stereocenters. The maximum Gasteiger partial charge on any atom is 0.232 e. The lowest BCUT2D eigenvalue weighted by Gasteiger charge is -2.08. The number of halogens is 1. The van der Waals surface area contributed by atoms with Gasteiger partial charge < -0.3 is 10.1 Å². The molecule has 0 radical (unpaired) electrons. The van der Waals surface area contributed by atoms with Gasteiger partial charge in [0.1, 0.15) is 5.02 Å². The van der Waals surface area contributed by atoms with E-state index in [9.17, 15) is 0 Å². The molecule has 0 aromatic carbocycles. The molecule has 16 heavy (non-hydrogen) atoms. The summed E-state index contributed by atoms with van der Waals surface area (Å²) in [5.74, 6) is 0.489. The Kier molecular flexibility index (Phi) is 5.29. The van der Waals surface area contributed by atoms with E-state index in [0.29, 0.717) is 17.5 Å². The number of ether oxygens (including phenoxy) is 1. The number of rotatable bonds is 6. The number of hydrogen-bond acceptors (Lipinski definition) is 3. The second-order valence-corrected chi connectivity index (χ2v) is 4.12. The zero-order valence-electron chi connectivity index (χ0n) is 9.72. The highest BCUT2D eigenvalue weighted by Crippen LogP contribution is 2.22. The first kappa shape index (κ1) is 13.0. The third-order valence-electron chi connectivity index (χ3n) is 2.01. The molecule has 1 heterocycles. The lowest BCUT2D eigenvalue weighted by Crippen LogP contribution is -2.06. The summed E-state index contributed by atoms with van der Waals surface area (Å²) in [6.45, 7) is 7.08. The van der Waals surface area contributed by atoms with Crippen molar-refractivity contribution in [1.82, 2.24) is 10.3 Å². The Hall–Kier alpha value is -1.06. The van der Waals surface area contributed by atoms with Crippen LogP contribution in [-0.2, 0) is 6.54 Å². The first-order valence-electron chi connectivity index (χ1n) is 5.19. The second-order valence-electron chi connectivity index (χ2n) is 3.72. The summed E-state index contributed by atoms with van der Waals surface area (Å²) >= 11 is 6.04. The summed E-state index contributed by atoms with van der Waals surface area (Å²) in [6, 6.07) is 1.86. The molecule has 88 valence electrons. The summed E-state index contributed by atoms with van der Waals surface area (Å²) in [4.78, 5) is 4.17. The van der Waals surface area contributed by atoms with Gasteiger partial charge in [0.05, 0.1) is 6.61 Å². The fourth-order valence-electron chi connectivity index (χ4n) is 1.19. The summed E-state index contributed by atoms with van der Waals surface area (Å²) in [5.41, 5.74) is 2.13. The molecule has 0 aliphatic heterocycles. The smallest absolute Gasteiger partial charge is 0.232 e. The molecule has 0 amide bonds. The molecule has 4 heteroatoms. The van der Waals surface area contributed by atoms with Gasteiger partial charge >= 0.3 is 0 Å². The van der Waals surface area contributed by atoms with Crippen molar-refractivity contribution in [2.45, 2.75) is 19.9 Å². The van der Waals surface area contributed by atoms with Crippen LogP contribution in [0.15, 0.2) is 24.4 Å². The van der Waals surface area contributed by atoms with E-state index in [0.717, 1.165) is 24.1 Å². The monoisotopic (exact) mass is 240 g/mol. The van der Waals surface area contributed by atoms with Gasteiger partial charge in [0, 0.05) is 19.2 Å². The van der Waals surface area contributed by atoms with Crippen molar-refractivity contribution >= 4 is 11.6 Å². The van der Waals surface area contributed by atoms with Crippen LogP contribution in [0.1, 0.15) is 18.9 Å². The van der Waals surface area contributed by atoms with E-state index in [4.69, 9.17) is 16.3 Å². The summed E-state index contributed by atoms with van der Waals surface area (Å²) in [6.07, 6.45) is 2.58. The van der Waals surface area contributed by atoms with Crippen molar-refractivity contribution in [2.75, 3.05) is 13.7 Å². The number of nitrogens with zero attached hydrogens (tertiary/aromatic N) is 1. The highest BCUT2D eigenvalue weighted by molar-refractivity contribution is 6.31. The lowest BCUT2D eigenvalue weighted by atomic mass is 10.2. The highest BCUT2D eigenvalue weighted by Gasteiger charge is 2.04. The Morgan fingerprint density at radius 1 is 1.62 bits per heavy atom. The normalized spacial score (nSPS) is 10.2. The molecule has 0 bridgehead atoms. The molecule has 1 aromatic heterocycles. The first-order valence-corrected chi connectivity index (χ1v) is 5.57. The molecule has 0 aliphatic carbocycles. The molecule has 0 spiro atoms. The molecule has 0 saturated carbocycles. The van der Waals surface area contributed by atoms with Crippen LogP contribution < -0.4 is 10.1 Å². The molecule has 1 aromatic rings. The molecule has 1 rings (SSSR count). The van der Waals surface area contributed by atoms with Gasteiger partial charge in [-0.15, -0.1) is 6.58 Å². The lowest BCUT2D eigenvalue weighted by molar-refractivity contribution is 0.309. The van der Waals surface area contributed by atoms with E-state index in [1.54, 1.807) is 6.20 Å². The zero-order chi connectivity index (χ0) is 12.0. The predicted octanol–water partition coefficient (Wildman–Crippen LogP) is 2.80. The molecule has 0 unspecified atom stereocenters. The summed E-state index contributed by atoms with van der Waals surface area (Å²) in [5, 5.41) is 3.59.